The van der Waals surface area contributed by atoms with Crippen molar-refractivity contribution in [2.45, 2.75) is 25.7 Å². The van der Waals surface area contributed by atoms with E-state index in [1.165, 1.54) is 12.0 Å². The number of pyridine rings is 1. The molecule has 1 aliphatic rings. The average molecular weight is 512 g/mol. The molecule has 1 fully saturated rings. The van der Waals surface area contributed by atoms with Crippen LogP contribution in [0.3, 0.4) is 0 Å². The van der Waals surface area contributed by atoms with Gasteiger partial charge in [0.25, 0.3) is 5.91 Å². The number of nitrogens with two attached hydrogens (primary N) is 1. The standard InChI is InChI=1S/C25H29N5O7/c1-3-36-25(34)30-13-11-29(12-14-30)24(33)17(8-9-19(31)35-2)21-20(23(27)32)22(37-15-10-26)16-6-4-5-7-18(16)28-21/h4-7,17H,3,8-9,11-15H2,1-2H3,(H2,27,32). The van der Waals surface area contributed by atoms with Crippen LogP contribution in [0.4, 0.5) is 4.79 Å². The van der Waals surface area contributed by atoms with Crippen LogP contribution in [0.15, 0.2) is 24.3 Å². The fourth-order valence-electron chi connectivity index (χ4n) is 4.23. The summed E-state index contributed by atoms with van der Waals surface area (Å²) in [5.74, 6) is -2.79. The Labute approximate surface area is 213 Å². The summed E-state index contributed by atoms with van der Waals surface area (Å²) in [6.45, 7) is 2.58. The highest BCUT2D eigenvalue weighted by molar-refractivity contribution is 6.04. The summed E-state index contributed by atoms with van der Waals surface area (Å²) >= 11 is 0. The largest absolute Gasteiger partial charge is 0.477 e. The van der Waals surface area contributed by atoms with Crippen molar-refractivity contribution in [3.63, 3.8) is 0 Å². The van der Waals surface area contributed by atoms with Gasteiger partial charge >= 0.3 is 12.1 Å². The molecule has 0 saturated carbocycles. The number of methoxy groups -OCH3 is 1. The first kappa shape index (κ1) is 27.2. The number of ether oxygens (including phenoxy) is 3. The number of hydrogen-bond acceptors (Lipinski definition) is 9. The maximum Gasteiger partial charge on any atom is 0.409 e. The van der Waals surface area contributed by atoms with E-state index in [0.29, 0.717) is 10.9 Å². The Kier molecular flexibility index (Phi) is 9.21. The molecule has 196 valence electrons. The van der Waals surface area contributed by atoms with Gasteiger partial charge in [-0.1, -0.05) is 12.1 Å². The molecule has 1 atom stereocenters. The normalized spacial score (nSPS) is 14.0. The number of esters is 1. The third-order valence-corrected chi connectivity index (χ3v) is 6.01. The number of carbonyl (C=O) groups is 4. The number of benzene rings is 1. The van der Waals surface area contributed by atoms with Gasteiger partial charge in [-0.05, 0) is 25.5 Å². The van der Waals surface area contributed by atoms with Crippen molar-refractivity contribution in [3.8, 4) is 11.8 Å². The molecule has 0 spiro atoms. The lowest BCUT2D eigenvalue weighted by Gasteiger charge is -2.36. The van der Waals surface area contributed by atoms with Gasteiger partial charge in [0.05, 0.1) is 30.8 Å². The summed E-state index contributed by atoms with van der Waals surface area (Å²) in [6, 6.07) is 8.67. The first-order valence-electron chi connectivity index (χ1n) is 11.8. The topological polar surface area (TPSA) is 165 Å². The van der Waals surface area contributed by atoms with Crippen LogP contribution in [-0.2, 0) is 19.1 Å². The Morgan fingerprint density at radius 2 is 1.81 bits per heavy atom. The number of amides is 3. The van der Waals surface area contributed by atoms with E-state index >= 15 is 0 Å². The summed E-state index contributed by atoms with van der Waals surface area (Å²) in [4.78, 5) is 58.2. The first-order valence-corrected chi connectivity index (χ1v) is 11.8. The molecule has 2 heterocycles. The number of hydrogen-bond donors (Lipinski definition) is 1. The number of nitriles is 1. The van der Waals surface area contributed by atoms with Crippen LogP contribution in [0.5, 0.6) is 5.75 Å². The fourth-order valence-corrected chi connectivity index (χ4v) is 4.23. The smallest absolute Gasteiger partial charge is 0.409 e. The van der Waals surface area contributed by atoms with Crippen LogP contribution < -0.4 is 10.5 Å². The average Bonchev–Trinajstić information content (AvgIpc) is 2.91. The van der Waals surface area contributed by atoms with E-state index in [2.05, 4.69) is 4.98 Å². The van der Waals surface area contributed by atoms with E-state index in [0.717, 1.165) is 0 Å². The Balaban J connectivity index is 2.05. The van der Waals surface area contributed by atoms with Crippen molar-refractivity contribution < 1.29 is 33.4 Å². The minimum absolute atomic E-state index is 0.00704. The molecule has 0 bridgehead atoms. The highest BCUT2D eigenvalue weighted by Gasteiger charge is 2.35. The van der Waals surface area contributed by atoms with Crippen molar-refractivity contribution in [2.24, 2.45) is 5.73 Å². The van der Waals surface area contributed by atoms with Gasteiger partial charge in [-0.25, -0.2) is 4.79 Å². The molecule has 1 aromatic carbocycles. The monoisotopic (exact) mass is 511 g/mol. The van der Waals surface area contributed by atoms with E-state index in [9.17, 15) is 19.2 Å². The number of para-hydroxylation sites is 1. The van der Waals surface area contributed by atoms with Crippen LogP contribution in [0.1, 0.15) is 41.7 Å². The van der Waals surface area contributed by atoms with Crippen molar-refractivity contribution in [1.82, 2.24) is 14.8 Å². The van der Waals surface area contributed by atoms with Gasteiger partial charge in [0, 0.05) is 38.0 Å². The third kappa shape index (κ3) is 6.24. The highest BCUT2D eigenvalue weighted by atomic mass is 16.6. The van der Waals surface area contributed by atoms with Crippen molar-refractivity contribution >= 4 is 34.8 Å². The van der Waals surface area contributed by atoms with Gasteiger partial charge in [0.1, 0.15) is 17.4 Å². The van der Waals surface area contributed by atoms with Crippen LogP contribution in [-0.4, -0.2) is 85.2 Å². The van der Waals surface area contributed by atoms with E-state index < -0.39 is 23.9 Å². The number of aromatic nitrogens is 1. The molecule has 2 aromatic rings. The molecular weight excluding hydrogens is 482 g/mol. The number of piperazine rings is 1. The lowest BCUT2D eigenvalue weighted by atomic mass is 9.91. The number of primary amides is 1. The zero-order chi connectivity index (χ0) is 26.9. The SMILES string of the molecule is CCOC(=O)N1CCN(C(=O)C(CCC(=O)OC)c2nc3ccccc3c(OCC#N)c2C(N)=O)CC1. The molecule has 2 N–H and O–H groups in total. The van der Waals surface area contributed by atoms with E-state index in [-0.39, 0.29) is 75.1 Å². The van der Waals surface area contributed by atoms with Crippen molar-refractivity contribution in [2.75, 3.05) is 46.5 Å². The molecule has 3 amide bonds. The summed E-state index contributed by atoms with van der Waals surface area (Å²) in [6.07, 6.45) is -0.577. The Morgan fingerprint density at radius 3 is 2.43 bits per heavy atom. The Hall–Kier alpha value is -4.40. The first-order chi connectivity index (χ1) is 17.8. The van der Waals surface area contributed by atoms with Crippen LogP contribution in [0.25, 0.3) is 10.9 Å². The van der Waals surface area contributed by atoms with Gasteiger partial charge in [0.15, 0.2) is 6.61 Å². The Morgan fingerprint density at radius 1 is 1.14 bits per heavy atom. The second kappa shape index (κ2) is 12.5. The predicted molar refractivity (Wildman–Crippen MR) is 131 cm³/mol. The van der Waals surface area contributed by atoms with Gasteiger partial charge in [-0.3, -0.25) is 19.4 Å². The number of nitrogens with zero attached hydrogens (tertiary/aromatic N) is 4. The van der Waals surface area contributed by atoms with Gasteiger partial charge in [0.2, 0.25) is 5.91 Å². The molecule has 1 aliphatic heterocycles. The molecule has 1 saturated heterocycles. The maximum absolute atomic E-state index is 13.8. The lowest BCUT2D eigenvalue weighted by molar-refractivity contribution is -0.141. The number of rotatable bonds is 9. The quantitative estimate of drug-likeness (QED) is 0.492. The summed E-state index contributed by atoms with van der Waals surface area (Å²) < 4.78 is 15.4. The summed E-state index contributed by atoms with van der Waals surface area (Å²) in [5, 5.41) is 9.53. The van der Waals surface area contributed by atoms with E-state index in [1.807, 2.05) is 6.07 Å². The van der Waals surface area contributed by atoms with Crippen molar-refractivity contribution in [3.05, 3.63) is 35.5 Å². The second-order valence-electron chi connectivity index (χ2n) is 8.21. The van der Waals surface area contributed by atoms with Crippen LogP contribution in [0.2, 0.25) is 0 Å². The predicted octanol–water partition coefficient (Wildman–Crippen LogP) is 1.57. The molecule has 12 heteroatoms. The molecule has 0 radical (unpaired) electrons. The molecule has 37 heavy (non-hydrogen) atoms. The van der Waals surface area contributed by atoms with Gasteiger partial charge < -0.3 is 29.7 Å². The minimum atomic E-state index is -1.04. The fraction of sp³-hybridized carbons (Fsp3) is 0.440. The molecule has 3 rings (SSSR count). The Bertz CT molecular complexity index is 1220. The van der Waals surface area contributed by atoms with Gasteiger partial charge in [-0.2, -0.15) is 5.26 Å². The molecule has 1 unspecified atom stereocenters. The summed E-state index contributed by atoms with van der Waals surface area (Å²) in [5.41, 5.74) is 6.10. The summed E-state index contributed by atoms with van der Waals surface area (Å²) in [7, 11) is 1.24. The molecule has 0 aliphatic carbocycles. The highest BCUT2D eigenvalue weighted by Crippen LogP contribution is 2.36. The third-order valence-electron chi connectivity index (χ3n) is 6.01. The van der Waals surface area contributed by atoms with Gasteiger partial charge in [-0.15, -0.1) is 0 Å². The number of carbonyl (C=O) groups excluding carboxylic acids is 4. The van der Waals surface area contributed by atoms with Crippen LogP contribution in [0, 0.1) is 11.3 Å². The van der Waals surface area contributed by atoms with Crippen LogP contribution >= 0.6 is 0 Å². The zero-order valence-electron chi connectivity index (χ0n) is 20.8. The van der Waals surface area contributed by atoms with Crippen molar-refractivity contribution in [1.29, 1.82) is 5.26 Å². The van der Waals surface area contributed by atoms with E-state index in [4.69, 9.17) is 25.2 Å². The molecule has 1 aromatic heterocycles. The molecular formula is C25H29N5O7. The second-order valence-corrected chi connectivity index (χ2v) is 8.21. The zero-order valence-corrected chi connectivity index (χ0v) is 20.8. The van der Waals surface area contributed by atoms with E-state index in [1.54, 1.807) is 36.1 Å². The minimum Gasteiger partial charge on any atom is -0.477 e. The lowest BCUT2D eigenvalue weighted by Crippen LogP contribution is -2.52. The molecule has 12 nitrogen and oxygen atoms in total. The number of fused-ring (bicyclic) bond motifs is 1. The maximum atomic E-state index is 13.8.